The van der Waals surface area contributed by atoms with Gasteiger partial charge in [-0.2, -0.15) is 0 Å². The average molecular weight is 257 g/mol. The number of benzene rings is 1. The van der Waals surface area contributed by atoms with Gasteiger partial charge in [-0.1, -0.05) is 13.0 Å². The van der Waals surface area contributed by atoms with Crippen LogP contribution in [0.4, 0.5) is 0 Å². The fourth-order valence-electron chi connectivity index (χ4n) is 2.70. The van der Waals surface area contributed by atoms with Gasteiger partial charge in [0.05, 0.1) is 6.61 Å². The van der Waals surface area contributed by atoms with Crippen molar-refractivity contribution < 1.29 is 4.74 Å². The summed E-state index contributed by atoms with van der Waals surface area (Å²) >= 11 is 0. The minimum atomic E-state index is 0.518. The average Bonchev–Trinajstić information content (AvgIpc) is 2.44. The highest BCUT2D eigenvalue weighted by Crippen LogP contribution is 2.32. The van der Waals surface area contributed by atoms with E-state index in [9.17, 15) is 0 Å². The molecule has 1 aliphatic rings. The number of hydrogen-bond acceptors (Lipinski definition) is 2. The zero-order valence-corrected chi connectivity index (χ0v) is 11.7. The molecular weight excluding hydrogens is 234 g/mol. The third-order valence-corrected chi connectivity index (χ3v) is 3.61. The molecule has 0 saturated carbocycles. The molecule has 1 aliphatic carbocycles. The third kappa shape index (κ3) is 3.75. The van der Waals surface area contributed by atoms with E-state index in [0.717, 1.165) is 25.1 Å². The van der Waals surface area contributed by atoms with E-state index < -0.39 is 0 Å². The van der Waals surface area contributed by atoms with Gasteiger partial charge in [0.1, 0.15) is 5.75 Å². The lowest BCUT2D eigenvalue weighted by atomic mass is 9.87. The van der Waals surface area contributed by atoms with Crippen LogP contribution in [-0.2, 0) is 6.42 Å². The SMILES string of the molecule is C#CCCCOc1ccc2c(c1)CCCC2NCC. The third-order valence-electron chi connectivity index (χ3n) is 3.61. The van der Waals surface area contributed by atoms with Crippen LogP contribution in [0.3, 0.4) is 0 Å². The van der Waals surface area contributed by atoms with Crippen LogP contribution in [0.1, 0.15) is 49.8 Å². The molecule has 0 bridgehead atoms. The minimum absolute atomic E-state index is 0.518. The maximum atomic E-state index is 5.75. The first-order valence-corrected chi connectivity index (χ1v) is 7.27. The molecule has 0 aliphatic heterocycles. The molecule has 19 heavy (non-hydrogen) atoms. The highest BCUT2D eigenvalue weighted by Gasteiger charge is 2.19. The van der Waals surface area contributed by atoms with Crippen LogP contribution in [0.5, 0.6) is 5.75 Å². The maximum Gasteiger partial charge on any atom is 0.119 e. The molecule has 1 N–H and O–H groups in total. The van der Waals surface area contributed by atoms with Gasteiger partial charge in [-0.15, -0.1) is 12.3 Å². The number of fused-ring (bicyclic) bond motifs is 1. The summed E-state index contributed by atoms with van der Waals surface area (Å²) in [5.41, 5.74) is 2.88. The molecule has 2 rings (SSSR count). The lowest BCUT2D eigenvalue weighted by Crippen LogP contribution is -2.24. The van der Waals surface area contributed by atoms with Crippen molar-refractivity contribution in [3.05, 3.63) is 29.3 Å². The van der Waals surface area contributed by atoms with Crippen LogP contribution in [0.15, 0.2) is 18.2 Å². The Balaban J connectivity index is 2.00. The van der Waals surface area contributed by atoms with Crippen molar-refractivity contribution in [2.45, 2.75) is 45.1 Å². The Morgan fingerprint density at radius 3 is 3.16 bits per heavy atom. The first kappa shape index (κ1) is 14.0. The first-order chi connectivity index (χ1) is 9.35. The molecule has 102 valence electrons. The van der Waals surface area contributed by atoms with E-state index in [0.29, 0.717) is 12.6 Å². The Bertz CT molecular complexity index is 447. The van der Waals surface area contributed by atoms with Gasteiger partial charge in [0, 0.05) is 12.5 Å². The molecule has 2 nitrogen and oxygen atoms in total. The Labute approximate surface area is 116 Å². The summed E-state index contributed by atoms with van der Waals surface area (Å²) in [7, 11) is 0. The van der Waals surface area contributed by atoms with Gasteiger partial charge in [-0.25, -0.2) is 0 Å². The van der Waals surface area contributed by atoms with E-state index in [2.05, 4.69) is 36.4 Å². The maximum absolute atomic E-state index is 5.75. The summed E-state index contributed by atoms with van der Waals surface area (Å²) in [4.78, 5) is 0. The van der Waals surface area contributed by atoms with Crippen molar-refractivity contribution in [3.8, 4) is 18.1 Å². The molecular formula is C17H23NO. The normalized spacial score (nSPS) is 17.6. The second-order valence-corrected chi connectivity index (χ2v) is 5.02. The molecule has 1 atom stereocenters. The van der Waals surface area contributed by atoms with E-state index in [-0.39, 0.29) is 0 Å². The number of ether oxygens (including phenoxy) is 1. The first-order valence-electron chi connectivity index (χ1n) is 7.27. The fourth-order valence-corrected chi connectivity index (χ4v) is 2.70. The topological polar surface area (TPSA) is 21.3 Å². The largest absolute Gasteiger partial charge is 0.494 e. The molecule has 1 aromatic rings. The van der Waals surface area contributed by atoms with Crippen LogP contribution in [0.25, 0.3) is 0 Å². The number of unbranched alkanes of at least 4 members (excludes halogenated alkanes) is 1. The van der Waals surface area contributed by atoms with Gasteiger partial charge < -0.3 is 10.1 Å². The summed E-state index contributed by atoms with van der Waals surface area (Å²) in [5.74, 6) is 3.62. The van der Waals surface area contributed by atoms with E-state index in [1.54, 1.807) is 0 Å². The van der Waals surface area contributed by atoms with Crippen LogP contribution < -0.4 is 10.1 Å². The van der Waals surface area contributed by atoms with Gasteiger partial charge in [0.15, 0.2) is 0 Å². The number of aryl methyl sites for hydroxylation is 1. The Morgan fingerprint density at radius 2 is 2.37 bits per heavy atom. The quantitative estimate of drug-likeness (QED) is 0.622. The van der Waals surface area contributed by atoms with Crippen molar-refractivity contribution in [3.63, 3.8) is 0 Å². The van der Waals surface area contributed by atoms with Gasteiger partial charge in [0.2, 0.25) is 0 Å². The van der Waals surface area contributed by atoms with Gasteiger partial charge in [-0.3, -0.25) is 0 Å². The molecule has 1 unspecified atom stereocenters. The lowest BCUT2D eigenvalue weighted by molar-refractivity contribution is 0.312. The molecule has 0 radical (unpaired) electrons. The summed E-state index contributed by atoms with van der Waals surface area (Å²) in [6.07, 6.45) is 10.6. The smallest absolute Gasteiger partial charge is 0.119 e. The predicted molar refractivity (Wildman–Crippen MR) is 79.4 cm³/mol. The lowest BCUT2D eigenvalue weighted by Gasteiger charge is -2.26. The highest BCUT2D eigenvalue weighted by atomic mass is 16.5. The van der Waals surface area contributed by atoms with E-state index >= 15 is 0 Å². The molecule has 0 fully saturated rings. The van der Waals surface area contributed by atoms with Gasteiger partial charge in [-0.05, 0) is 55.5 Å². The summed E-state index contributed by atoms with van der Waals surface area (Å²) in [6, 6.07) is 7.03. The Morgan fingerprint density at radius 1 is 1.47 bits per heavy atom. The zero-order chi connectivity index (χ0) is 13.5. The highest BCUT2D eigenvalue weighted by molar-refractivity contribution is 5.39. The summed E-state index contributed by atoms with van der Waals surface area (Å²) in [5, 5.41) is 3.56. The molecule has 2 heteroatoms. The molecule has 0 aromatic heterocycles. The van der Waals surface area contributed by atoms with Gasteiger partial charge in [0.25, 0.3) is 0 Å². The van der Waals surface area contributed by atoms with Crippen LogP contribution in [0, 0.1) is 12.3 Å². The van der Waals surface area contributed by atoms with Crippen molar-refractivity contribution in [2.75, 3.05) is 13.2 Å². The number of nitrogens with one attached hydrogen (secondary N) is 1. The molecule has 0 saturated heterocycles. The van der Waals surface area contributed by atoms with Crippen LogP contribution in [-0.4, -0.2) is 13.2 Å². The summed E-state index contributed by atoms with van der Waals surface area (Å²) < 4.78 is 5.75. The predicted octanol–water partition coefficient (Wildman–Crippen LogP) is 3.47. The van der Waals surface area contributed by atoms with Crippen LogP contribution >= 0.6 is 0 Å². The summed E-state index contributed by atoms with van der Waals surface area (Å²) in [6.45, 7) is 3.89. The van der Waals surface area contributed by atoms with Crippen molar-refractivity contribution in [2.24, 2.45) is 0 Å². The van der Waals surface area contributed by atoms with Crippen molar-refractivity contribution in [1.29, 1.82) is 0 Å². The molecule has 0 spiro atoms. The monoisotopic (exact) mass is 257 g/mol. The minimum Gasteiger partial charge on any atom is -0.494 e. The van der Waals surface area contributed by atoms with E-state index in [1.807, 2.05) is 0 Å². The van der Waals surface area contributed by atoms with Crippen molar-refractivity contribution >= 4 is 0 Å². The molecule has 0 heterocycles. The van der Waals surface area contributed by atoms with Gasteiger partial charge >= 0.3 is 0 Å². The number of terminal acetylenes is 1. The van der Waals surface area contributed by atoms with Crippen LogP contribution in [0.2, 0.25) is 0 Å². The Hall–Kier alpha value is -1.46. The second kappa shape index (κ2) is 7.21. The van der Waals surface area contributed by atoms with Crippen molar-refractivity contribution in [1.82, 2.24) is 5.32 Å². The van der Waals surface area contributed by atoms with E-state index in [1.165, 1.54) is 30.4 Å². The fraction of sp³-hybridized carbons (Fsp3) is 0.529. The number of hydrogen-bond donors (Lipinski definition) is 1. The standard InChI is InChI=1S/C17H23NO/c1-3-5-6-12-19-15-10-11-16-14(13-15)8-7-9-17(16)18-4-2/h1,10-11,13,17-18H,4-9,12H2,2H3. The number of rotatable bonds is 6. The Kier molecular flexibility index (Phi) is 5.30. The second-order valence-electron chi connectivity index (χ2n) is 5.02. The molecule has 0 amide bonds. The molecule has 1 aromatic carbocycles. The van der Waals surface area contributed by atoms with E-state index in [4.69, 9.17) is 11.2 Å². The zero-order valence-electron chi connectivity index (χ0n) is 11.7.